The van der Waals surface area contributed by atoms with E-state index >= 15 is 0 Å². The highest BCUT2D eigenvalue weighted by Gasteiger charge is 2.63. The predicted octanol–water partition coefficient (Wildman–Crippen LogP) is 15.7. The Kier molecular flexibility index (Phi) is 8.58. The average Bonchev–Trinajstić information content (AvgIpc) is 3.95. The Hall–Kier alpha value is -6.62. The van der Waals surface area contributed by atoms with Crippen molar-refractivity contribution in [3.63, 3.8) is 0 Å². The zero-order valence-electron chi connectivity index (χ0n) is 36.6. The highest BCUT2D eigenvalue weighted by atomic mass is 28.3. The third kappa shape index (κ3) is 5.44. The van der Waals surface area contributed by atoms with Crippen molar-refractivity contribution in [2.45, 2.75) is 63.6 Å². The van der Waals surface area contributed by atoms with Crippen LogP contribution in [0.5, 0.6) is 0 Å². The summed E-state index contributed by atoms with van der Waals surface area (Å²) in [5, 5.41) is 6.25. The molecule has 63 heavy (non-hydrogen) atoms. The number of nitrogens with zero attached hydrogens (tertiary/aromatic N) is 2. The van der Waals surface area contributed by atoms with E-state index in [9.17, 15) is 0 Å². The van der Waals surface area contributed by atoms with Gasteiger partial charge in [0.1, 0.15) is 11.2 Å². The first kappa shape index (κ1) is 38.1. The van der Waals surface area contributed by atoms with Gasteiger partial charge in [0, 0.05) is 33.1 Å². The minimum Gasteiger partial charge on any atom is -0.456 e. The van der Waals surface area contributed by atoms with Crippen LogP contribution in [0.25, 0.3) is 49.4 Å². The molecule has 0 aliphatic heterocycles. The van der Waals surface area contributed by atoms with Crippen molar-refractivity contribution >= 4 is 74.1 Å². The number of aromatic nitrogens is 1. The van der Waals surface area contributed by atoms with Crippen LogP contribution in [0.15, 0.2) is 192 Å². The maximum Gasteiger partial charge on any atom is 0.141 e. The van der Waals surface area contributed by atoms with Crippen molar-refractivity contribution in [2.75, 3.05) is 4.90 Å². The van der Waals surface area contributed by atoms with Crippen LogP contribution in [0, 0.1) is 5.41 Å². The lowest BCUT2D eigenvalue weighted by Crippen LogP contribution is -2.45. The van der Waals surface area contributed by atoms with Crippen LogP contribution >= 0.6 is 0 Å². The second kappa shape index (κ2) is 14.2. The molecule has 2 unspecified atom stereocenters. The molecule has 4 heteroatoms. The van der Waals surface area contributed by atoms with Crippen LogP contribution in [0.3, 0.4) is 0 Å². The SMILES string of the molecule is CC12CCCCC1c1c(cc(N(c3ccc([Si](C)(C)C)cc3)c3cccc4c5ccccc5n(-c5ccccc5)c34)c3c1oc1ccccc13)C2(c1ccccc1)c1ccccc1. The summed E-state index contributed by atoms with van der Waals surface area (Å²) in [6, 6.07) is 70.5. The highest BCUT2D eigenvalue weighted by Crippen LogP contribution is 2.71. The largest absolute Gasteiger partial charge is 0.456 e. The third-order valence-electron chi connectivity index (χ3n) is 15.1. The topological polar surface area (TPSA) is 21.3 Å². The molecule has 0 bridgehead atoms. The van der Waals surface area contributed by atoms with E-state index in [1.807, 2.05) is 0 Å². The van der Waals surface area contributed by atoms with Crippen molar-refractivity contribution in [1.82, 2.24) is 4.57 Å². The zero-order valence-corrected chi connectivity index (χ0v) is 37.6. The summed E-state index contributed by atoms with van der Waals surface area (Å²) in [6.45, 7) is 9.92. The van der Waals surface area contributed by atoms with Gasteiger partial charge < -0.3 is 13.9 Å². The molecule has 3 nitrogen and oxygen atoms in total. The van der Waals surface area contributed by atoms with Gasteiger partial charge in [-0.05, 0) is 89.4 Å². The van der Waals surface area contributed by atoms with E-state index in [0.717, 1.165) is 52.1 Å². The lowest BCUT2D eigenvalue weighted by molar-refractivity contribution is 0.129. The van der Waals surface area contributed by atoms with Crippen LogP contribution in [-0.4, -0.2) is 12.6 Å². The molecule has 12 rings (SSSR count). The predicted molar refractivity (Wildman–Crippen MR) is 268 cm³/mol. The Morgan fingerprint density at radius 2 is 1.22 bits per heavy atom. The van der Waals surface area contributed by atoms with Gasteiger partial charge in [-0.1, -0.05) is 184 Å². The van der Waals surface area contributed by atoms with Crippen molar-refractivity contribution < 1.29 is 4.42 Å². The summed E-state index contributed by atoms with van der Waals surface area (Å²) in [5.41, 5.74) is 13.8. The quantitative estimate of drug-likeness (QED) is 0.149. The Balaban J connectivity index is 1.28. The maximum atomic E-state index is 7.38. The third-order valence-corrected chi connectivity index (χ3v) is 17.1. The summed E-state index contributed by atoms with van der Waals surface area (Å²) in [6.07, 6.45) is 4.69. The summed E-state index contributed by atoms with van der Waals surface area (Å²) in [5.74, 6) is 0.312. The number of furan rings is 1. The van der Waals surface area contributed by atoms with Crippen molar-refractivity contribution in [2.24, 2.45) is 5.41 Å². The van der Waals surface area contributed by atoms with Crippen molar-refractivity contribution in [3.05, 3.63) is 210 Å². The lowest BCUT2D eigenvalue weighted by atomic mass is 9.52. The standard InChI is InChI=1S/C59H52N2OSi/c1-58-38-19-18-30-48(58)55-49(59(58,40-21-8-5-9-22-40)41-23-10-6-11-24-41)39-52(54-47-28-15-17-33-53(47)62-57(54)55)60(43-34-36-44(37-35-43)63(2,3)4)51-32-20-29-46-45-27-14-16-31-50(45)61(56(46)51)42-25-12-7-13-26-42/h5-17,20-29,31-37,39,48H,18-19,30,38H2,1-4H3. The highest BCUT2D eigenvalue weighted by molar-refractivity contribution is 6.88. The molecule has 10 aromatic rings. The number of fused-ring (bicyclic) bond motifs is 10. The van der Waals surface area contributed by atoms with Crippen molar-refractivity contribution in [1.29, 1.82) is 0 Å². The summed E-state index contributed by atoms with van der Waals surface area (Å²) >= 11 is 0. The number of anilines is 3. The normalized spacial score (nSPS) is 18.3. The van der Waals surface area contributed by atoms with Crippen LogP contribution in [0.2, 0.25) is 19.6 Å². The van der Waals surface area contributed by atoms with E-state index in [2.05, 4.69) is 224 Å². The molecule has 1 fully saturated rings. The molecule has 0 spiro atoms. The van der Waals surface area contributed by atoms with Crippen LogP contribution in [0.1, 0.15) is 60.8 Å². The van der Waals surface area contributed by atoms with Gasteiger partial charge in [-0.25, -0.2) is 0 Å². The molecule has 0 radical (unpaired) electrons. The molecule has 0 saturated heterocycles. The van der Waals surface area contributed by atoms with Gasteiger partial charge in [-0.15, -0.1) is 0 Å². The van der Waals surface area contributed by atoms with Crippen LogP contribution in [0.4, 0.5) is 17.1 Å². The van der Waals surface area contributed by atoms with Gasteiger partial charge in [-0.2, -0.15) is 0 Å². The maximum absolute atomic E-state index is 7.38. The van der Waals surface area contributed by atoms with E-state index in [4.69, 9.17) is 4.42 Å². The monoisotopic (exact) mass is 832 g/mol. The number of rotatable bonds is 7. The fraction of sp³-hybridized carbons (Fsp3) is 0.186. The van der Waals surface area contributed by atoms with Gasteiger partial charge in [0.2, 0.25) is 0 Å². The molecular formula is C59H52N2OSi. The van der Waals surface area contributed by atoms with Crippen molar-refractivity contribution in [3.8, 4) is 5.69 Å². The number of hydrogen-bond donors (Lipinski definition) is 0. The minimum atomic E-state index is -1.61. The molecule has 2 aliphatic rings. The van der Waals surface area contributed by atoms with Gasteiger partial charge in [-0.3, -0.25) is 0 Å². The van der Waals surface area contributed by atoms with E-state index in [1.54, 1.807) is 0 Å². The zero-order chi connectivity index (χ0) is 42.5. The molecule has 2 atom stereocenters. The molecule has 308 valence electrons. The first-order valence-corrected chi connectivity index (χ1v) is 26.4. The first-order valence-electron chi connectivity index (χ1n) is 22.9. The second-order valence-electron chi connectivity index (χ2n) is 19.4. The van der Waals surface area contributed by atoms with Gasteiger partial charge in [0.05, 0.1) is 41.3 Å². The summed E-state index contributed by atoms with van der Waals surface area (Å²) < 4.78 is 9.86. The van der Waals surface area contributed by atoms with E-state index in [0.29, 0.717) is 5.92 Å². The minimum absolute atomic E-state index is 0.107. The average molecular weight is 833 g/mol. The van der Waals surface area contributed by atoms with Gasteiger partial charge >= 0.3 is 0 Å². The smallest absolute Gasteiger partial charge is 0.141 e. The Morgan fingerprint density at radius 3 is 1.92 bits per heavy atom. The molecule has 0 N–H and O–H groups in total. The Bertz CT molecular complexity index is 3300. The van der Waals surface area contributed by atoms with Crippen LogP contribution < -0.4 is 10.1 Å². The van der Waals surface area contributed by atoms with Gasteiger partial charge in [0.25, 0.3) is 0 Å². The molecule has 2 aliphatic carbocycles. The van der Waals surface area contributed by atoms with E-state index in [-0.39, 0.29) is 5.41 Å². The number of benzene rings is 8. The Morgan fingerprint density at radius 1 is 0.603 bits per heavy atom. The molecule has 8 aromatic carbocycles. The fourth-order valence-corrected chi connectivity index (χ4v) is 13.5. The second-order valence-corrected chi connectivity index (χ2v) is 24.4. The first-order chi connectivity index (χ1) is 30.8. The summed E-state index contributed by atoms with van der Waals surface area (Å²) in [7, 11) is -1.61. The Labute approximate surface area is 371 Å². The van der Waals surface area contributed by atoms with Crippen LogP contribution in [-0.2, 0) is 5.41 Å². The summed E-state index contributed by atoms with van der Waals surface area (Å²) in [4.78, 5) is 2.59. The fourth-order valence-electron chi connectivity index (χ4n) is 12.3. The van der Waals surface area contributed by atoms with E-state index < -0.39 is 13.5 Å². The number of para-hydroxylation sites is 4. The van der Waals surface area contributed by atoms with E-state index in [1.165, 1.54) is 67.5 Å². The molecule has 2 aromatic heterocycles. The molecule has 1 saturated carbocycles. The molecule has 0 amide bonds. The van der Waals surface area contributed by atoms with Gasteiger partial charge in [0.15, 0.2) is 0 Å². The molecular weight excluding hydrogens is 781 g/mol. The molecule has 2 heterocycles. The lowest BCUT2D eigenvalue weighted by Gasteiger charge is -2.50. The number of hydrogen-bond acceptors (Lipinski definition) is 2.